The maximum absolute atomic E-state index is 13.6. The summed E-state index contributed by atoms with van der Waals surface area (Å²) in [7, 11) is 3.05. The number of morpholine rings is 1. The first kappa shape index (κ1) is 20.4. The molecule has 2 atom stereocenters. The zero-order valence-corrected chi connectivity index (χ0v) is 18.2. The fraction of sp³-hybridized carbons (Fsp3) is 0.364. The Morgan fingerprint density at radius 2 is 1.77 bits per heavy atom. The lowest BCUT2D eigenvalue weighted by Gasteiger charge is -2.37. The Morgan fingerprint density at radius 3 is 2.37 bits per heavy atom. The van der Waals surface area contributed by atoms with Crippen molar-refractivity contribution < 1.29 is 23.8 Å². The van der Waals surface area contributed by atoms with Gasteiger partial charge in [0.15, 0.2) is 0 Å². The van der Waals surface area contributed by atoms with E-state index in [0.717, 1.165) is 4.88 Å². The van der Waals surface area contributed by atoms with Crippen LogP contribution in [-0.4, -0.2) is 56.2 Å². The summed E-state index contributed by atoms with van der Waals surface area (Å²) in [4.78, 5) is 31.1. The number of hydrogen-bond acceptors (Lipinski definition) is 7. The fourth-order valence-electron chi connectivity index (χ4n) is 4.00. The number of methoxy groups -OCH3 is 2. The first-order valence-corrected chi connectivity index (χ1v) is 10.6. The van der Waals surface area contributed by atoms with Crippen molar-refractivity contribution in [2.24, 2.45) is 0 Å². The zero-order valence-electron chi connectivity index (χ0n) is 17.4. The second-order valence-corrected chi connectivity index (χ2v) is 8.29. The van der Waals surface area contributed by atoms with Crippen molar-refractivity contribution in [2.75, 3.05) is 32.2 Å². The standard InChI is InChI=1S/C22H24N2O5S/c1-13-11-23(12-14(2)29-13)20-19(18-6-5-9-30-18)21(25)24(22(20)26)16-8-7-15(27-3)10-17(16)28-4/h5-10,13-14H,11-12H2,1-4H3. The molecule has 2 aromatic rings. The molecule has 0 radical (unpaired) electrons. The average Bonchev–Trinajstić information content (AvgIpc) is 3.33. The van der Waals surface area contributed by atoms with Crippen molar-refractivity contribution in [3.63, 3.8) is 0 Å². The molecule has 2 aliphatic heterocycles. The molecular formula is C22H24N2O5S. The Balaban J connectivity index is 1.82. The van der Waals surface area contributed by atoms with Crippen molar-refractivity contribution in [1.29, 1.82) is 0 Å². The van der Waals surface area contributed by atoms with Crippen LogP contribution in [0, 0.1) is 0 Å². The third kappa shape index (κ3) is 3.46. The lowest BCUT2D eigenvalue weighted by Crippen LogP contribution is -2.47. The zero-order chi connectivity index (χ0) is 21.4. The molecule has 8 heteroatoms. The Hall–Kier alpha value is -2.84. The fourth-order valence-corrected chi connectivity index (χ4v) is 4.77. The number of imide groups is 1. The van der Waals surface area contributed by atoms with Gasteiger partial charge in [-0.2, -0.15) is 0 Å². The molecular weight excluding hydrogens is 404 g/mol. The van der Waals surface area contributed by atoms with Gasteiger partial charge >= 0.3 is 0 Å². The number of thiophene rings is 1. The lowest BCUT2D eigenvalue weighted by molar-refractivity contribution is -0.121. The van der Waals surface area contributed by atoms with E-state index in [2.05, 4.69) is 0 Å². The topological polar surface area (TPSA) is 68.3 Å². The van der Waals surface area contributed by atoms with Gasteiger partial charge in [0.25, 0.3) is 11.8 Å². The summed E-state index contributed by atoms with van der Waals surface area (Å²) < 4.78 is 16.5. The quantitative estimate of drug-likeness (QED) is 0.682. The van der Waals surface area contributed by atoms with Crippen LogP contribution in [0.25, 0.3) is 5.57 Å². The molecule has 1 aromatic carbocycles. The van der Waals surface area contributed by atoms with Crippen molar-refractivity contribution >= 4 is 34.4 Å². The smallest absolute Gasteiger partial charge is 0.282 e. The van der Waals surface area contributed by atoms with Crippen LogP contribution < -0.4 is 14.4 Å². The van der Waals surface area contributed by atoms with E-state index in [-0.39, 0.29) is 24.0 Å². The minimum absolute atomic E-state index is 0.0432. The molecule has 2 aliphatic rings. The lowest BCUT2D eigenvalue weighted by atomic mass is 10.1. The van der Waals surface area contributed by atoms with Crippen LogP contribution in [0.4, 0.5) is 5.69 Å². The maximum Gasteiger partial charge on any atom is 0.282 e. The minimum atomic E-state index is -0.354. The van der Waals surface area contributed by atoms with Gasteiger partial charge in [0.05, 0.1) is 37.7 Å². The van der Waals surface area contributed by atoms with E-state index in [1.54, 1.807) is 25.3 Å². The van der Waals surface area contributed by atoms with Crippen LogP contribution in [0.15, 0.2) is 41.4 Å². The van der Waals surface area contributed by atoms with Gasteiger partial charge in [-0.3, -0.25) is 9.59 Å². The predicted molar refractivity (Wildman–Crippen MR) is 115 cm³/mol. The van der Waals surface area contributed by atoms with E-state index in [0.29, 0.717) is 41.5 Å². The molecule has 3 heterocycles. The Kier molecular flexibility index (Phi) is 5.53. The highest BCUT2D eigenvalue weighted by Crippen LogP contribution is 2.41. The van der Waals surface area contributed by atoms with E-state index in [9.17, 15) is 9.59 Å². The number of hydrogen-bond donors (Lipinski definition) is 0. The summed E-state index contributed by atoms with van der Waals surface area (Å²) in [5.41, 5.74) is 1.24. The van der Waals surface area contributed by atoms with Crippen LogP contribution in [0.2, 0.25) is 0 Å². The average molecular weight is 429 g/mol. The molecule has 30 heavy (non-hydrogen) atoms. The van der Waals surface area contributed by atoms with Gasteiger partial charge < -0.3 is 19.1 Å². The molecule has 2 unspecified atom stereocenters. The number of ether oxygens (including phenoxy) is 3. The molecule has 1 aromatic heterocycles. The monoisotopic (exact) mass is 428 g/mol. The first-order valence-electron chi connectivity index (χ1n) is 9.74. The molecule has 2 amide bonds. The summed E-state index contributed by atoms with van der Waals surface area (Å²) in [5, 5.41) is 1.90. The SMILES string of the molecule is COc1ccc(N2C(=O)C(c3cccs3)=C(N3CC(C)OC(C)C3)C2=O)c(OC)c1. The highest BCUT2D eigenvalue weighted by molar-refractivity contribution is 7.11. The normalized spacial score (nSPS) is 22.1. The van der Waals surface area contributed by atoms with E-state index < -0.39 is 0 Å². The van der Waals surface area contributed by atoms with Crippen LogP contribution in [0.5, 0.6) is 11.5 Å². The summed E-state index contributed by atoms with van der Waals surface area (Å²) >= 11 is 1.44. The summed E-state index contributed by atoms with van der Waals surface area (Å²) in [6.45, 7) is 5.03. The molecule has 7 nitrogen and oxygen atoms in total. The Labute approximate surface area is 179 Å². The van der Waals surface area contributed by atoms with Crippen molar-refractivity contribution in [2.45, 2.75) is 26.1 Å². The highest BCUT2D eigenvalue weighted by Gasteiger charge is 2.45. The van der Waals surface area contributed by atoms with E-state index in [1.165, 1.54) is 23.3 Å². The summed E-state index contributed by atoms with van der Waals surface area (Å²) in [5.74, 6) is 0.268. The van der Waals surface area contributed by atoms with Gasteiger partial charge in [-0.05, 0) is 37.4 Å². The molecule has 0 N–H and O–H groups in total. The first-order chi connectivity index (χ1) is 14.4. The molecule has 0 bridgehead atoms. The van der Waals surface area contributed by atoms with Gasteiger partial charge in [-0.25, -0.2) is 4.90 Å². The largest absolute Gasteiger partial charge is 0.497 e. The number of carbonyl (C=O) groups is 2. The van der Waals surface area contributed by atoms with Gasteiger partial charge in [0.2, 0.25) is 0 Å². The second kappa shape index (κ2) is 8.12. The van der Waals surface area contributed by atoms with Crippen molar-refractivity contribution in [3.8, 4) is 11.5 Å². The highest BCUT2D eigenvalue weighted by atomic mass is 32.1. The van der Waals surface area contributed by atoms with Crippen LogP contribution in [-0.2, 0) is 14.3 Å². The van der Waals surface area contributed by atoms with Gasteiger partial charge in [0, 0.05) is 24.0 Å². The van der Waals surface area contributed by atoms with Crippen LogP contribution in [0.1, 0.15) is 18.7 Å². The predicted octanol–water partition coefficient (Wildman–Crippen LogP) is 3.16. The third-order valence-corrected chi connectivity index (χ3v) is 6.08. The van der Waals surface area contributed by atoms with Gasteiger partial charge in [0.1, 0.15) is 17.2 Å². The summed E-state index contributed by atoms with van der Waals surface area (Å²) in [6.07, 6.45) is -0.0865. The number of nitrogens with zero attached hydrogens (tertiary/aromatic N) is 2. The van der Waals surface area contributed by atoms with Gasteiger partial charge in [-0.15, -0.1) is 11.3 Å². The molecule has 1 saturated heterocycles. The molecule has 0 aliphatic carbocycles. The number of benzene rings is 1. The van der Waals surface area contributed by atoms with E-state index in [4.69, 9.17) is 14.2 Å². The minimum Gasteiger partial charge on any atom is -0.497 e. The van der Waals surface area contributed by atoms with Crippen LogP contribution in [0.3, 0.4) is 0 Å². The van der Waals surface area contributed by atoms with Gasteiger partial charge in [-0.1, -0.05) is 6.07 Å². The molecule has 158 valence electrons. The number of anilines is 1. The Bertz CT molecular complexity index is 991. The maximum atomic E-state index is 13.6. The second-order valence-electron chi connectivity index (χ2n) is 7.35. The molecule has 0 saturated carbocycles. The number of rotatable bonds is 5. The third-order valence-electron chi connectivity index (χ3n) is 5.19. The summed E-state index contributed by atoms with van der Waals surface area (Å²) in [6, 6.07) is 8.79. The number of carbonyl (C=O) groups excluding carboxylic acids is 2. The van der Waals surface area contributed by atoms with Crippen molar-refractivity contribution in [3.05, 3.63) is 46.3 Å². The Morgan fingerprint density at radius 1 is 1.03 bits per heavy atom. The van der Waals surface area contributed by atoms with E-state index >= 15 is 0 Å². The molecule has 0 spiro atoms. The molecule has 1 fully saturated rings. The van der Waals surface area contributed by atoms with Crippen molar-refractivity contribution in [1.82, 2.24) is 4.90 Å². The molecule has 4 rings (SSSR count). The van der Waals surface area contributed by atoms with Crippen LogP contribution >= 0.6 is 11.3 Å². The number of amides is 2. The van der Waals surface area contributed by atoms with E-state index in [1.807, 2.05) is 36.3 Å².